The second-order valence-corrected chi connectivity index (χ2v) is 4.39. The van der Waals surface area contributed by atoms with Crippen LogP contribution in [0.25, 0.3) is 0 Å². The summed E-state index contributed by atoms with van der Waals surface area (Å²) >= 11 is 0.354. The highest BCUT2D eigenvalue weighted by molar-refractivity contribution is 8.13. The van der Waals surface area contributed by atoms with E-state index >= 15 is 0 Å². The first-order valence-corrected chi connectivity index (χ1v) is 5.79. The number of rotatable bonds is 6. The SMILES string of the molecule is C[C@@H](CCCCN)C(=O)SCC(F)(F)F. The average Bonchev–Trinajstić information content (AvgIpc) is 2.13. The van der Waals surface area contributed by atoms with Gasteiger partial charge in [-0.3, -0.25) is 4.79 Å². The van der Waals surface area contributed by atoms with E-state index in [-0.39, 0.29) is 11.0 Å². The van der Waals surface area contributed by atoms with E-state index in [9.17, 15) is 18.0 Å². The number of carbonyl (C=O) groups excluding carboxylic acids is 1. The normalized spacial score (nSPS) is 13.9. The highest BCUT2D eigenvalue weighted by Gasteiger charge is 2.29. The van der Waals surface area contributed by atoms with E-state index in [0.717, 1.165) is 12.8 Å². The molecule has 6 heteroatoms. The lowest BCUT2D eigenvalue weighted by Gasteiger charge is -2.10. The zero-order valence-corrected chi connectivity index (χ0v) is 9.46. The van der Waals surface area contributed by atoms with Crippen LogP contribution >= 0.6 is 11.8 Å². The Hall–Kier alpha value is -0.230. The molecule has 1 atom stereocenters. The molecule has 0 bridgehead atoms. The number of hydrogen-bond acceptors (Lipinski definition) is 3. The van der Waals surface area contributed by atoms with E-state index in [0.29, 0.717) is 24.7 Å². The monoisotopic (exact) mass is 243 g/mol. The lowest BCUT2D eigenvalue weighted by Crippen LogP contribution is -2.16. The molecule has 15 heavy (non-hydrogen) atoms. The van der Waals surface area contributed by atoms with Crippen molar-refractivity contribution < 1.29 is 18.0 Å². The molecule has 0 heterocycles. The minimum atomic E-state index is -4.27. The van der Waals surface area contributed by atoms with Crippen molar-refractivity contribution in [3.63, 3.8) is 0 Å². The van der Waals surface area contributed by atoms with Gasteiger partial charge in [0, 0.05) is 5.92 Å². The summed E-state index contributed by atoms with van der Waals surface area (Å²) in [6, 6.07) is 0. The summed E-state index contributed by atoms with van der Waals surface area (Å²) in [7, 11) is 0. The number of unbranched alkanes of at least 4 members (excludes halogenated alkanes) is 1. The number of hydrogen-bond donors (Lipinski definition) is 1. The lowest BCUT2D eigenvalue weighted by atomic mass is 10.1. The van der Waals surface area contributed by atoms with Gasteiger partial charge < -0.3 is 5.73 Å². The van der Waals surface area contributed by atoms with Crippen LogP contribution in [0.2, 0.25) is 0 Å². The minimum absolute atomic E-state index is 0.316. The summed E-state index contributed by atoms with van der Waals surface area (Å²) < 4.78 is 35.4. The highest BCUT2D eigenvalue weighted by Crippen LogP contribution is 2.24. The van der Waals surface area contributed by atoms with E-state index in [1.165, 1.54) is 0 Å². The summed E-state index contributed by atoms with van der Waals surface area (Å²) in [5.41, 5.74) is 5.27. The van der Waals surface area contributed by atoms with Crippen molar-refractivity contribution >= 4 is 16.9 Å². The van der Waals surface area contributed by atoms with Crippen molar-refractivity contribution in [1.82, 2.24) is 0 Å². The topological polar surface area (TPSA) is 43.1 Å². The van der Waals surface area contributed by atoms with Crippen LogP contribution < -0.4 is 5.73 Å². The first kappa shape index (κ1) is 14.8. The van der Waals surface area contributed by atoms with E-state index < -0.39 is 11.9 Å². The van der Waals surface area contributed by atoms with Crippen LogP contribution in [0.3, 0.4) is 0 Å². The fraction of sp³-hybridized carbons (Fsp3) is 0.889. The Balaban J connectivity index is 3.70. The van der Waals surface area contributed by atoms with Gasteiger partial charge >= 0.3 is 6.18 Å². The number of thioether (sulfide) groups is 1. The third-order valence-electron chi connectivity index (χ3n) is 1.87. The van der Waals surface area contributed by atoms with E-state index in [4.69, 9.17) is 5.73 Å². The smallest absolute Gasteiger partial charge is 0.330 e. The average molecular weight is 243 g/mol. The molecule has 0 amide bonds. The van der Waals surface area contributed by atoms with E-state index in [1.807, 2.05) is 0 Å². The maximum Gasteiger partial charge on any atom is 0.398 e. The third kappa shape index (κ3) is 8.74. The molecule has 2 N–H and O–H groups in total. The Morgan fingerprint density at radius 3 is 2.47 bits per heavy atom. The quantitative estimate of drug-likeness (QED) is 0.729. The maximum atomic E-state index is 11.8. The van der Waals surface area contributed by atoms with Crippen molar-refractivity contribution in [2.24, 2.45) is 11.7 Å². The molecule has 0 aromatic carbocycles. The van der Waals surface area contributed by atoms with Gasteiger partial charge in [0.2, 0.25) is 0 Å². The number of halogens is 3. The first-order chi connectivity index (χ1) is 6.87. The van der Waals surface area contributed by atoms with Crippen LogP contribution in [0.5, 0.6) is 0 Å². The molecular formula is C9H16F3NOS. The van der Waals surface area contributed by atoms with Gasteiger partial charge in [0.05, 0.1) is 5.75 Å². The van der Waals surface area contributed by atoms with Crippen LogP contribution in [-0.2, 0) is 4.79 Å². The zero-order chi connectivity index (χ0) is 11.9. The molecular weight excluding hydrogens is 227 g/mol. The summed E-state index contributed by atoms with van der Waals surface area (Å²) in [5.74, 6) is -1.41. The van der Waals surface area contributed by atoms with Gasteiger partial charge in [-0.2, -0.15) is 13.2 Å². The first-order valence-electron chi connectivity index (χ1n) is 4.80. The van der Waals surface area contributed by atoms with Gasteiger partial charge in [-0.15, -0.1) is 0 Å². The lowest BCUT2D eigenvalue weighted by molar-refractivity contribution is -0.116. The zero-order valence-electron chi connectivity index (χ0n) is 8.64. The Morgan fingerprint density at radius 2 is 2.00 bits per heavy atom. The van der Waals surface area contributed by atoms with Crippen LogP contribution in [0, 0.1) is 5.92 Å². The van der Waals surface area contributed by atoms with Gasteiger partial charge in [0.25, 0.3) is 0 Å². The van der Waals surface area contributed by atoms with Gasteiger partial charge in [-0.1, -0.05) is 25.1 Å². The highest BCUT2D eigenvalue weighted by atomic mass is 32.2. The van der Waals surface area contributed by atoms with Gasteiger partial charge in [-0.05, 0) is 19.4 Å². The molecule has 0 fully saturated rings. The minimum Gasteiger partial charge on any atom is -0.330 e. The molecule has 0 saturated carbocycles. The molecule has 2 nitrogen and oxygen atoms in total. The van der Waals surface area contributed by atoms with Crippen molar-refractivity contribution in [3.8, 4) is 0 Å². The Kier molecular flexibility index (Phi) is 7.00. The van der Waals surface area contributed by atoms with Crippen molar-refractivity contribution in [2.45, 2.75) is 32.4 Å². The molecule has 0 saturated heterocycles. The molecule has 0 rings (SSSR count). The predicted octanol–water partition coefficient (Wildman–Crippen LogP) is 2.57. The molecule has 0 aliphatic rings. The molecule has 0 aromatic rings. The van der Waals surface area contributed by atoms with Crippen LogP contribution in [-0.4, -0.2) is 23.6 Å². The molecule has 0 radical (unpaired) electrons. The Labute approximate surface area is 91.8 Å². The number of nitrogens with two attached hydrogens (primary N) is 1. The Morgan fingerprint density at radius 1 is 1.40 bits per heavy atom. The molecule has 0 aliphatic carbocycles. The van der Waals surface area contributed by atoms with Crippen molar-refractivity contribution in [2.75, 3.05) is 12.3 Å². The van der Waals surface area contributed by atoms with Gasteiger partial charge in [-0.25, -0.2) is 0 Å². The van der Waals surface area contributed by atoms with Crippen molar-refractivity contribution in [3.05, 3.63) is 0 Å². The molecule has 90 valence electrons. The Bertz CT molecular complexity index is 196. The van der Waals surface area contributed by atoms with Crippen molar-refractivity contribution in [1.29, 1.82) is 0 Å². The second kappa shape index (κ2) is 7.11. The summed E-state index contributed by atoms with van der Waals surface area (Å²) in [6.45, 7) is 2.21. The fourth-order valence-electron chi connectivity index (χ4n) is 1.01. The molecule has 0 unspecified atom stereocenters. The third-order valence-corrected chi connectivity index (χ3v) is 3.03. The maximum absolute atomic E-state index is 11.8. The number of alkyl halides is 3. The molecule has 0 aliphatic heterocycles. The predicted molar refractivity (Wildman–Crippen MR) is 55.6 cm³/mol. The van der Waals surface area contributed by atoms with E-state index in [2.05, 4.69) is 0 Å². The summed E-state index contributed by atoms with van der Waals surface area (Å²) in [6.07, 6.45) is -2.06. The molecule has 0 spiro atoms. The summed E-state index contributed by atoms with van der Waals surface area (Å²) in [4.78, 5) is 11.2. The van der Waals surface area contributed by atoms with Crippen LogP contribution in [0.4, 0.5) is 13.2 Å². The fourth-order valence-corrected chi connectivity index (χ4v) is 1.72. The van der Waals surface area contributed by atoms with Crippen LogP contribution in [0.1, 0.15) is 26.2 Å². The second-order valence-electron chi connectivity index (χ2n) is 3.41. The van der Waals surface area contributed by atoms with Gasteiger partial charge in [0.1, 0.15) is 0 Å². The summed E-state index contributed by atoms with van der Waals surface area (Å²) in [5, 5.41) is -0.385. The largest absolute Gasteiger partial charge is 0.398 e. The van der Waals surface area contributed by atoms with Gasteiger partial charge in [0.15, 0.2) is 5.12 Å². The van der Waals surface area contributed by atoms with Crippen LogP contribution in [0.15, 0.2) is 0 Å². The molecule has 0 aromatic heterocycles. The number of carbonyl (C=O) groups is 1. The standard InChI is InChI=1S/C9H16F3NOS/c1-7(4-2-3-5-13)8(14)15-6-9(10,11)12/h7H,2-6,13H2,1H3/t7-/m0/s1. The van der Waals surface area contributed by atoms with E-state index in [1.54, 1.807) is 6.92 Å².